The molecule has 0 unspecified atom stereocenters. The van der Waals surface area contributed by atoms with E-state index in [-0.39, 0.29) is 12.5 Å². The SMILES string of the molecule is Cc1cccc(NC(=O)COC(=O)c2ccccc2NCc2ccco2)c1C. The number of hydrogen-bond donors (Lipinski definition) is 2. The predicted molar refractivity (Wildman–Crippen MR) is 107 cm³/mol. The first-order valence-corrected chi connectivity index (χ1v) is 8.93. The van der Waals surface area contributed by atoms with Gasteiger partial charge in [0.25, 0.3) is 5.91 Å². The molecule has 144 valence electrons. The summed E-state index contributed by atoms with van der Waals surface area (Å²) in [5.74, 6) is -0.210. The third-order valence-corrected chi connectivity index (χ3v) is 4.39. The molecule has 6 nitrogen and oxygen atoms in total. The van der Waals surface area contributed by atoms with Gasteiger partial charge in [0.1, 0.15) is 5.76 Å². The molecule has 2 N–H and O–H groups in total. The van der Waals surface area contributed by atoms with Gasteiger partial charge in [0, 0.05) is 11.4 Å². The molecule has 6 heteroatoms. The number of amides is 1. The van der Waals surface area contributed by atoms with Crippen LogP contribution in [0.1, 0.15) is 27.2 Å². The van der Waals surface area contributed by atoms with Crippen LogP contribution in [0, 0.1) is 13.8 Å². The Bertz CT molecular complexity index is 964. The Morgan fingerprint density at radius 1 is 0.964 bits per heavy atom. The zero-order valence-corrected chi connectivity index (χ0v) is 15.8. The van der Waals surface area contributed by atoms with Gasteiger partial charge >= 0.3 is 5.97 Å². The molecule has 1 amide bonds. The fourth-order valence-electron chi connectivity index (χ4n) is 2.69. The van der Waals surface area contributed by atoms with Crippen LogP contribution in [-0.4, -0.2) is 18.5 Å². The molecule has 0 spiro atoms. The van der Waals surface area contributed by atoms with E-state index in [4.69, 9.17) is 9.15 Å². The quantitative estimate of drug-likeness (QED) is 0.599. The number of hydrogen-bond acceptors (Lipinski definition) is 5. The van der Waals surface area contributed by atoms with Gasteiger partial charge in [-0.1, -0.05) is 24.3 Å². The average molecular weight is 378 g/mol. The van der Waals surface area contributed by atoms with Gasteiger partial charge in [-0.2, -0.15) is 0 Å². The van der Waals surface area contributed by atoms with E-state index in [1.165, 1.54) is 0 Å². The molecule has 1 aromatic heterocycles. The van der Waals surface area contributed by atoms with E-state index in [9.17, 15) is 9.59 Å². The predicted octanol–water partition coefficient (Wildman–Crippen LogP) is 4.30. The summed E-state index contributed by atoms with van der Waals surface area (Å²) in [6.07, 6.45) is 1.59. The summed E-state index contributed by atoms with van der Waals surface area (Å²) in [6.45, 7) is 3.97. The summed E-state index contributed by atoms with van der Waals surface area (Å²) in [6, 6.07) is 16.3. The molecule has 1 heterocycles. The van der Waals surface area contributed by atoms with Crippen LogP contribution in [0.15, 0.2) is 65.3 Å². The number of carbonyl (C=O) groups is 2. The number of anilines is 2. The molecule has 0 radical (unpaired) electrons. The van der Waals surface area contributed by atoms with Crippen molar-refractivity contribution in [3.8, 4) is 0 Å². The van der Waals surface area contributed by atoms with E-state index in [0.717, 1.165) is 16.9 Å². The monoisotopic (exact) mass is 378 g/mol. The first kappa shape index (κ1) is 19.2. The maximum Gasteiger partial charge on any atom is 0.340 e. The molecule has 0 fully saturated rings. The molecule has 0 aliphatic carbocycles. The van der Waals surface area contributed by atoms with Crippen molar-refractivity contribution in [3.05, 3.63) is 83.3 Å². The molecule has 0 bridgehead atoms. The van der Waals surface area contributed by atoms with Crippen LogP contribution in [-0.2, 0) is 16.1 Å². The van der Waals surface area contributed by atoms with Crippen molar-refractivity contribution < 1.29 is 18.7 Å². The molecule has 0 aliphatic heterocycles. The summed E-state index contributed by atoms with van der Waals surface area (Å²) in [5.41, 5.74) is 3.73. The topological polar surface area (TPSA) is 80.6 Å². The smallest absolute Gasteiger partial charge is 0.340 e. The molecule has 3 rings (SSSR count). The molecular formula is C22H22N2O4. The molecule has 0 atom stereocenters. The standard InChI is InChI=1S/C22H22N2O4/c1-15-7-5-11-19(16(15)2)24-21(25)14-28-22(26)18-9-3-4-10-20(18)23-13-17-8-6-12-27-17/h3-12,23H,13-14H2,1-2H3,(H,24,25). The summed E-state index contributed by atoms with van der Waals surface area (Å²) < 4.78 is 10.5. The molecule has 3 aromatic rings. The normalized spacial score (nSPS) is 10.4. The zero-order valence-electron chi connectivity index (χ0n) is 15.8. The summed E-state index contributed by atoms with van der Waals surface area (Å²) in [7, 11) is 0. The van der Waals surface area contributed by atoms with Crippen molar-refractivity contribution in [1.82, 2.24) is 0 Å². The van der Waals surface area contributed by atoms with Crippen molar-refractivity contribution in [2.75, 3.05) is 17.2 Å². The molecule has 0 saturated carbocycles. The van der Waals surface area contributed by atoms with Gasteiger partial charge in [-0.05, 0) is 55.3 Å². The number of benzene rings is 2. The minimum absolute atomic E-state index is 0.355. The van der Waals surface area contributed by atoms with Crippen molar-refractivity contribution >= 4 is 23.3 Å². The Balaban J connectivity index is 1.58. The highest BCUT2D eigenvalue weighted by molar-refractivity contribution is 5.98. The second kappa shape index (κ2) is 8.90. The van der Waals surface area contributed by atoms with Gasteiger partial charge in [0.2, 0.25) is 0 Å². The fourth-order valence-corrected chi connectivity index (χ4v) is 2.69. The minimum Gasteiger partial charge on any atom is -0.467 e. The van der Waals surface area contributed by atoms with Gasteiger partial charge in [-0.25, -0.2) is 4.79 Å². The van der Waals surface area contributed by atoms with Gasteiger partial charge in [0.15, 0.2) is 6.61 Å². The number of rotatable bonds is 7. The highest BCUT2D eigenvalue weighted by atomic mass is 16.5. The van der Waals surface area contributed by atoms with E-state index >= 15 is 0 Å². The van der Waals surface area contributed by atoms with Crippen LogP contribution in [0.5, 0.6) is 0 Å². The molecule has 0 saturated heterocycles. The van der Waals surface area contributed by atoms with Gasteiger partial charge < -0.3 is 19.8 Å². The number of nitrogens with one attached hydrogen (secondary N) is 2. The third-order valence-electron chi connectivity index (χ3n) is 4.39. The highest BCUT2D eigenvalue weighted by Gasteiger charge is 2.15. The van der Waals surface area contributed by atoms with Crippen LogP contribution >= 0.6 is 0 Å². The number of furan rings is 1. The second-order valence-electron chi connectivity index (χ2n) is 6.35. The fraction of sp³-hybridized carbons (Fsp3) is 0.182. The van der Waals surface area contributed by atoms with Crippen LogP contribution in [0.4, 0.5) is 11.4 Å². The van der Waals surface area contributed by atoms with Crippen LogP contribution < -0.4 is 10.6 Å². The van der Waals surface area contributed by atoms with Gasteiger partial charge in [0.05, 0.1) is 18.4 Å². The van der Waals surface area contributed by atoms with Crippen molar-refractivity contribution in [2.45, 2.75) is 20.4 Å². The van der Waals surface area contributed by atoms with E-state index in [1.54, 1.807) is 30.5 Å². The van der Waals surface area contributed by atoms with Gasteiger partial charge in [-0.15, -0.1) is 0 Å². The molecule has 2 aromatic carbocycles. The maximum absolute atomic E-state index is 12.4. The third kappa shape index (κ3) is 4.79. The van der Waals surface area contributed by atoms with Crippen LogP contribution in [0.25, 0.3) is 0 Å². The first-order chi connectivity index (χ1) is 13.5. The second-order valence-corrected chi connectivity index (χ2v) is 6.35. The van der Waals surface area contributed by atoms with Crippen molar-refractivity contribution in [3.63, 3.8) is 0 Å². The molecule has 28 heavy (non-hydrogen) atoms. The number of carbonyl (C=O) groups excluding carboxylic acids is 2. The Kier molecular flexibility index (Phi) is 6.11. The number of para-hydroxylation sites is 1. The Labute approximate surface area is 163 Å². The summed E-state index contributed by atoms with van der Waals surface area (Å²) in [4.78, 5) is 24.6. The Morgan fingerprint density at radius 2 is 1.75 bits per heavy atom. The largest absolute Gasteiger partial charge is 0.467 e. The van der Waals surface area contributed by atoms with E-state index in [2.05, 4.69) is 10.6 Å². The van der Waals surface area contributed by atoms with Crippen molar-refractivity contribution in [2.24, 2.45) is 0 Å². The Hall–Kier alpha value is -3.54. The number of ether oxygens (including phenoxy) is 1. The molecule has 0 aliphatic rings. The lowest BCUT2D eigenvalue weighted by Gasteiger charge is -2.12. The van der Waals surface area contributed by atoms with E-state index in [0.29, 0.717) is 23.5 Å². The first-order valence-electron chi connectivity index (χ1n) is 8.93. The lowest BCUT2D eigenvalue weighted by Crippen LogP contribution is -2.22. The maximum atomic E-state index is 12.4. The van der Waals surface area contributed by atoms with Crippen LogP contribution in [0.3, 0.4) is 0 Å². The summed E-state index contributed by atoms with van der Waals surface area (Å²) in [5, 5.41) is 5.91. The highest BCUT2D eigenvalue weighted by Crippen LogP contribution is 2.19. The number of aryl methyl sites for hydroxylation is 1. The van der Waals surface area contributed by atoms with E-state index < -0.39 is 5.97 Å². The zero-order chi connectivity index (χ0) is 19.9. The van der Waals surface area contributed by atoms with Crippen LogP contribution in [0.2, 0.25) is 0 Å². The minimum atomic E-state index is -0.571. The van der Waals surface area contributed by atoms with Crippen molar-refractivity contribution in [1.29, 1.82) is 0 Å². The van der Waals surface area contributed by atoms with Gasteiger partial charge in [-0.3, -0.25) is 4.79 Å². The summed E-state index contributed by atoms with van der Waals surface area (Å²) >= 11 is 0. The average Bonchev–Trinajstić information content (AvgIpc) is 3.22. The lowest BCUT2D eigenvalue weighted by molar-refractivity contribution is -0.119. The lowest BCUT2D eigenvalue weighted by atomic mass is 10.1. The number of esters is 1. The molecular weight excluding hydrogens is 356 g/mol. The Morgan fingerprint density at radius 3 is 2.54 bits per heavy atom. The van der Waals surface area contributed by atoms with E-state index in [1.807, 2.05) is 44.2 Å².